The Balaban J connectivity index is 1.60. The van der Waals surface area contributed by atoms with Crippen molar-refractivity contribution in [1.29, 1.82) is 0 Å². The van der Waals surface area contributed by atoms with Gasteiger partial charge in [0, 0.05) is 17.3 Å². The van der Waals surface area contributed by atoms with Crippen LogP contribution >= 0.6 is 0 Å². The van der Waals surface area contributed by atoms with Crippen molar-refractivity contribution in [3.8, 4) is 11.5 Å². The fraction of sp³-hybridized carbons (Fsp3) is 0.160. The lowest BCUT2D eigenvalue weighted by Gasteiger charge is -2.11. The molecule has 0 aliphatic carbocycles. The fourth-order valence-electron chi connectivity index (χ4n) is 3.59. The number of aromatic nitrogens is 2. The lowest BCUT2D eigenvalue weighted by atomic mass is 10.1. The van der Waals surface area contributed by atoms with Crippen molar-refractivity contribution >= 4 is 22.5 Å². The van der Waals surface area contributed by atoms with Gasteiger partial charge in [-0.3, -0.25) is 14.2 Å². The molecule has 1 amide bonds. The van der Waals surface area contributed by atoms with Crippen molar-refractivity contribution in [2.24, 2.45) is 0 Å². The van der Waals surface area contributed by atoms with E-state index in [1.807, 2.05) is 31.2 Å². The number of hydrogen-bond acceptors (Lipinski definition) is 5. The van der Waals surface area contributed by atoms with Crippen LogP contribution in [0.5, 0.6) is 11.5 Å². The van der Waals surface area contributed by atoms with Crippen LogP contribution in [0.2, 0.25) is 0 Å². The van der Waals surface area contributed by atoms with E-state index in [2.05, 4.69) is 10.3 Å². The first-order chi connectivity index (χ1) is 15.9. The predicted octanol–water partition coefficient (Wildman–Crippen LogP) is 3.32. The highest BCUT2D eigenvalue weighted by Crippen LogP contribution is 2.29. The summed E-state index contributed by atoms with van der Waals surface area (Å²) in [5.74, 6) is 0.566. The first-order valence-corrected chi connectivity index (χ1v) is 10.3. The summed E-state index contributed by atoms with van der Waals surface area (Å²) in [6, 6.07) is 17.4. The van der Waals surface area contributed by atoms with Crippen LogP contribution in [-0.2, 0) is 6.54 Å². The number of H-pyrrole nitrogens is 1. The van der Waals surface area contributed by atoms with Crippen molar-refractivity contribution < 1.29 is 14.3 Å². The Bertz CT molecular complexity index is 1450. The zero-order valence-electron chi connectivity index (χ0n) is 18.5. The van der Waals surface area contributed by atoms with Crippen molar-refractivity contribution in [3.05, 3.63) is 98.2 Å². The van der Waals surface area contributed by atoms with Crippen LogP contribution in [0.1, 0.15) is 21.5 Å². The van der Waals surface area contributed by atoms with Gasteiger partial charge in [0.15, 0.2) is 11.5 Å². The summed E-state index contributed by atoms with van der Waals surface area (Å²) in [6.45, 7) is 2.01. The Morgan fingerprint density at radius 1 is 0.970 bits per heavy atom. The lowest BCUT2D eigenvalue weighted by molar-refractivity contribution is 0.102. The van der Waals surface area contributed by atoms with Gasteiger partial charge in [0.1, 0.15) is 0 Å². The monoisotopic (exact) mass is 445 g/mol. The first-order valence-electron chi connectivity index (χ1n) is 10.3. The normalized spacial score (nSPS) is 10.8. The molecule has 0 unspecified atom stereocenters. The molecule has 2 N–H and O–H groups in total. The van der Waals surface area contributed by atoms with E-state index < -0.39 is 11.2 Å². The highest BCUT2D eigenvalue weighted by atomic mass is 16.5. The van der Waals surface area contributed by atoms with Gasteiger partial charge in [-0.25, -0.2) is 4.79 Å². The first kappa shape index (κ1) is 21.9. The maximum absolute atomic E-state index is 13.0. The van der Waals surface area contributed by atoms with Gasteiger partial charge in [-0.1, -0.05) is 24.3 Å². The van der Waals surface area contributed by atoms with E-state index in [1.165, 1.54) is 14.2 Å². The zero-order valence-corrected chi connectivity index (χ0v) is 18.5. The number of hydrogen-bond donors (Lipinski definition) is 2. The smallest absolute Gasteiger partial charge is 0.329 e. The van der Waals surface area contributed by atoms with Gasteiger partial charge >= 0.3 is 5.69 Å². The number of rotatable bonds is 6. The standard InChI is InChI=1S/C25H23N3O5/c1-15-5-4-6-18(11-15)26-23(29)17-9-7-16(8-10-17)14-28-24(30)19-12-21(32-2)22(33-3)13-20(19)27-25(28)31/h4-13H,14H2,1-3H3,(H,26,29)(H,27,31). The van der Waals surface area contributed by atoms with Crippen molar-refractivity contribution in [2.45, 2.75) is 13.5 Å². The third kappa shape index (κ3) is 4.50. The third-order valence-corrected chi connectivity index (χ3v) is 5.32. The van der Waals surface area contributed by atoms with E-state index in [4.69, 9.17) is 9.47 Å². The second-order valence-electron chi connectivity index (χ2n) is 7.59. The van der Waals surface area contributed by atoms with Gasteiger partial charge in [0.25, 0.3) is 11.5 Å². The molecule has 0 aliphatic rings. The van der Waals surface area contributed by atoms with E-state index in [1.54, 1.807) is 36.4 Å². The molecule has 1 heterocycles. The number of aryl methyl sites for hydroxylation is 1. The van der Waals surface area contributed by atoms with Crippen LogP contribution in [0.3, 0.4) is 0 Å². The van der Waals surface area contributed by atoms with Gasteiger partial charge in [0.2, 0.25) is 0 Å². The number of aromatic amines is 1. The molecule has 8 heteroatoms. The number of nitrogens with zero attached hydrogens (tertiary/aromatic N) is 1. The van der Waals surface area contributed by atoms with E-state index in [9.17, 15) is 14.4 Å². The topological polar surface area (TPSA) is 102 Å². The number of benzene rings is 3. The highest BCUT2D eigenvalue weighted by Gasteiger charge is 2.13. The summed E-state index contributed by atoms with van der Waals surface area (Å²) in [4.78, 5) is 40.8. The summed E-state index contributed by atoms with van der Waals surface area (Å²) in [5.41, 5.74) is 2.31. The van der Waals surface area contributed by atoms with Gasteiger partial charge in [-0.2, -0.15) is 0 Å². The van der Waals surface area contributed by atoms with E-state index >= 15 is 0 Å². The van der Waals surface area contributed by atoms with Crippen molar-refractivity contribution in [1.82, 2.24) is 9.55 Å². The minimum absolute atomic E-state index is 0.0538. The zero-order chi connectivity index (χ0) is 23.5. The fourth-order valence-corrected chi connectivity index (χ4v) is 3.59. The van der Waals surface area contributed by atoms with E-state index in [-0.39, 0.29) is 12.5 Å². The predicted molar refractivity (Wildman–Crippen MR) is 127 cm³/mol. The van der Waals surface area contributed by atoms with Gasteiger partial charge in [0.05, 0.1) is 31.7 Å². The number of ether oxygens (including phenoxy) is 2. The number of fused-ring (bicyclic) bond motifs is 1. The Morgan fingerprint density at radius 2 is 1.67 bits per heavy atom. The second kappa shape index (κ2) is 9.04. The maximum Gasteiger partial charge on any atom is 0.329 e. The molecule has 0 fully saturated rings. The number of methoxy groups -OCH3 is 2. The Morgan fingerprint density at radius 3 is 2.33 bits per heavy atom. The number of amides is 1. The molecule has 0 bridgehead atoms. The van der Waals surface area contributed by atoms with Gasteiger partial charge < -0.3 is 19.8 Å². The van der Waals surface area contributed by atoms with Crippen LogP contribution in [0.15, 0.2) is 70.3 Å². The summed E-state index contributed by atoms with van der Waals surface area (Å²) >= 11 is 0. The molecule has 8 nitrogen and oxygen atoms in total. The van der Waals surface area contributed by atoms with Gasteiger partial charge in [-0.05, 0) is 48.4 Å². The van der Waals surface area contributed by atoms with Gasteiger partial charge in [-0.15, -0.1) is 0 Å². The molecule has 1 aromatic heterocycles. The molecule has 4 rings (SSSR count). The van der Waals surface area contributed by atoms with Crippen LogP contribution in [0.4, 0.5) is 5.69 Å². The molecular weight excluding hydrogens is 422 g/mol. The number of carbonyl (C=O) groups excluding carboxylic acids is 1. The quantitative estimate of drug-likeness (QED) is 0.474. The number of nitrogens with one attached hydrogen (secondary N) is 2. The van der Waals surface area contributed by atoms with Crippen molar-refractivity contribution in [3.63, 3.8) is 0 Å². The minimum atomic E-state index is -0.541. The molecular formula is C25H23N3O5. The largest absolute Gasteiger partial charge is 0.493 e. The molecule has 4 aromatic rings. The van der Waals surface area contributed by atoms with Crippen LogP contribution in [0.25, 0.3) is 10.9 Å². The lowest BCUT2D eigenvalue weighted by Crippen LogP contribution is -2.35. The Kier molecular flexibility index (Phi) is 5.99. The summed E-state index contributed by atoms with van der Waals surface area (Å²) in [6.07, 6.45) is 0. The molecule has 33 heavy (non-hydrogen) atoms. The SMILES string of the molecule is COc1cc2[nH]c(=O)n(Cc3ccc(C(=O)Nc4cccc(C)c4)cc3)c(=O)c2cc1OC. The Hall–Kier alpha value is -4.33. The molecule has 168 valence electrons. The van der Waals surface area contributed by atoms with Crippen LogP contribution in [0, 0.1) is 6.92 Å². The molecule has 0 saturated carbocycles. The molecule has 0 saturated heterocycles. The molecule has 0 radical (unpaired) electrons. The maximum atomic E-state index is 13.0. The Labute approximate surface area is 189 Å². The number of carbonyl (C=O) groups is 1. The molecule has 0 spiro atoms. The highest BCUT2D eigenvalue weighted by molar-refractivity contribution is 6.04. The summed E-state index contributed by atoms with van der Waals surface area (Å²) < 4.78 is 11.6. The summed E-state index contributed by atoms with van der Waals surface area (Å²) in [5, 5.41) is 3.16. The average molecular weight is 445 g/mol. The van der Waals surface area contributed by atoms with Crippen LogP contribution in [-0.4, -0.2) is 29.7 Å². The second-order valence-corrected chi connectivity index (χ2v) is 7.59. The summed E-state index contributed by atoms with van der Waals surface area (Å²) in [7, 11) is 2.96. The third-order valence-electron chi connectivity index (χ3n) is 5.32. The van der Waals surface area contributed by atoms with Crippen molar-refractivity contribution in [2.75, 3.05) is 19.5 Å². The number of anilines is 1. The molecule has 3 aromatic carbocycles. The molecule has 0 aliphatic heterocycles. The average Bonchev–Trinajstić information content (AvgIpc) is 2.81. The van der Waals surface area contributed by atoms with E-state index in [0.717, 1.165) is 10.1 Å². The molecule has 0 atom stereocenters. The van der Waals surface area contributed by atoms with Crippen LogP contribution < -0.4 is 26.0 Å². The minimum Gasteiger partial charge on any atom is -0.493 e. The van der Waals surface area contributed by atoms with E-state index in [0.29, 0.717) is 39.2 Å².